The fourth-order valence-electron chi connectivity index (χ4n) is 0.316. The first-order valence-electron chi connectivity index (χ1n) is 3.87. The molecule has 0 aromatic carbocycles. The maximum atomic E-state index is 9.87. The van der Waals surface area contributed by atoms with Crippen molar-refractivity contribution in [1.82, 2.24) is 0 Å². The van der Waals surface area contributed by atoms with Gasteiger partial charge in [-0.15, -0.1) is 0 Å². The molecule has 0 aliphatic carbocycles. The molecule has 88 valence electrons. The standard InChI is InChI=1S/C5H6O4.C3H8O3/c1-3(5(8)9)2-4(6)7;4-1-3(6)2-5/h1-2H2,(H,6,7)(H,8,9);3-6H,1-2H2. The average Bonchev–Trinajstić information content (AvgIpc) is 2.16. The number of aliphatic hydroxyl groups is 3. The monoisotopic (exact) mass is 222 g/mol. The van der Waals surface area contributed by atoms with Gasteiger partial charge < -0.3 is 25.5 Å². The van der Waals surface area contributed by atoms with Gasteiger partial charge in [0.2, 0.25) is 0 Å². The summed E-state index contributed by atoms with van der Waals surface area (Å²) in [4.78, 5) is 19.7. The van der Waals surface area contributed by atoms with Crippen LogP contribution >= 0.6 is 0 Å². The average molecular weight is 222 g/mol. The molecule has 0 aliphatic rings. The van der Waals surface area contributed by atoms with Crippen LogP contribution in [0, 0.1) is 0 Å². The highest BCUT2D eigenvalue weighted by Gasteiger charge is 2.07. The zero-order chi connectivity index (χ0) is 12.4. The highest BCUT2D eigenvalue weighted by Crippen LogP contribution is 1.95. The van der Waals surface area contributed by atoms with Gasteiger partial charge in [-0.05, 0) is 0 Å². The third-order valence-corrected chi connectivity index (χ3v) is 1.09. The van der Waals surface area contributed by atoms with Crippen molar-refractivity contribution in [1.29, 1.82) is 0 Å². The molecular weight excluding hydrogens is 208 g/mol. The van der Waals surface area contributed by atoms with Gasteiger partial charge in [0.25, 0.3) is 0 Å². The number of carboxylic acid groups (broad SMARTS) is 2. The van der Waals surface area contributed by atoms with Gasteiger partial charge in [-0.2, -0.15) is 0 Å². The Kier molecular flexibility index (Phi) is 9.74. The molecule has 0 atom stereocenters. The first-order chi connectivity index (χ1) is 6.84. The molecule has 7 nitrogen and oxygen atoms in total. The number of hydrogen-bond acceptors (Lipinski definition) is 5. The lowest BCUT2D eigenvalue weighted by Crippen LogP contribution is -2.15. The Morgan fingerprint density at radius 3 is 1.60 bits per heavy atom. The first kappa shape index (κ1) is 16.0. The molecule has 0 aliphatic heterocycles. The van der Waals surface area contributed by atoms with Gasteiger partial charge >= 0.3 is 11.9 Å². The topological polar surface area (TPSA) is 135 Å². The number of aliphatic hydroxyl groups excluding tert-OH is 3. The summed E-state index contributed by atoms with van der Waals surface area (Å²) in [6, 6.07) is 0. The van der Waals surface area contributed by atoms with E-state index in [2.05, 4.69) is 6.58 Å². The molecule has 0 saturated heterocycles. The smallest absolute Gasteiger partial charge is 0.331 e. The lowest BCUT2D eigenvalue weighted by atomic mass is 10.2. The van der Waals surface area contributed by atoms with E-state index >= 15 is 0 Å². The molecule has 0 spiro atoms. The van der Waals surface area contributed by atoms with Crippen molar-refractivity contribution in [2.45, 2.75) is 12.5 Å². The minimum Gasteiger partial charge on any atom is -0.481 e. The van der Waals surface area contributed by atoms with E-state index < -0.39 is 24.5 Å². The lowest BCUT2D eigenvalue weighted by molar-refractivity contribution is -0.139. The summed E-state index contributed by atoms with van der Waals surface area (Å²) >= 11 is 0. The van der Waals surface area contributed by atoms with Gasteiger partial charge in [0.1, 0.15) is 6.10 Å². The maximum Gasteiger partial charge on any atom is 0.331 e. The predicted molar refractivity (Wildman–Crippen MR) is 49.2 cm³/mol. The van der Waals surface area contributed by atoms with E-state index in [1.165, 1.54) is 0 Å². The normalized spacial score (nSPS) is 9.07. The van der Waals surface area contributed by atoms with Crippen LogP contribution in [0.5, 0.6) is 0 Å². The van der Waals surface area contributed by atoms with Crippen LogP contribution in [0.3, 0.4) is 0 Å². The van der Waals surface area contributed by atoms with Crippen molar-refractivity contribution in [3.05, 3.63) is 12.2 Å². The van der Waals surface area contributed by atoms with E-state index in [1.807, 2.05) is 0 Å². The number of carboxylic acids is 2. The maximum absolute atomic E-state index is 9.87. The summed E-state index contributed by atoms with van der Waals surface area (Å²) in [5.41, 5.74) is -0.303. The molecular formula is C8H14O7. The third-order valence-electron chi connectivity index (χ3n) is 1.09. The molecule has 5 N–H and O–H groups in total. The molecule has 0 unspecified atom stereocenters. The van der Waals surface area contributed by atoms with Gasteiger partial charge in [-0.25, -0.2) is 4.79 Å². The van der Waals surface area contributed by atoms with E-state index in [-0.39, 0.29) is 18.8 Å². The molecule has 15 heavy (non-hydrogen) atoms. The van der Waals surface area contributed by atoms with Crippen molar-refractivity contribution in [2.24, 2.45) is 0 Å². The van der Waals surface area contributed by atoms with Gasteiger partial charge in [0.05, 0.1) is 19.6 Å². The zero-order valence-corrected chi connectivity index (χ0v) is 7.96. The highest BCUT2D eigenvalue weighted by molar-refractivity contribution is 5.91. The second-order valence-corrected chi connectivity index (χ2v) is 2.50. The lowest BCUT2D eigenvalue weighted by Gasteiger charge is -1.96. The van der Waals surface area contributed by atoms with Crippen LogP contribution in [0.2, 0.25) is 0 Å². The Bertz CT molecular complexity index is 219. The van der Waals surface area contributed by atoms with Crippen molar-refractivity contribution in [2.75, 3.05) is 13.2 Å². The Morgan fingerprint density at radius 1 is 1.13 bits per heavy atom. The molecule has 0 radical (unpaired) electrons. The van der Waals surface area contributed by atoms with Crippen LogP contribution in [0.25, 0.3) is 0 Å². The van der Waals surface area contributed by atoms with Crippen molar-refractivity contribution < 1.29 is 35.1 Å². The summed E-state index contributed by atoms with van der Waals surface area (Å²) in [7, 11) is 0. The summed E-state index contributed by atoms with van der Waals surface area (Å²) in [5.74, 6) is -2.44. The number of aliphatic carboxylic acids is 2. The van der Waals surface area contributed by atoms with Crippen LogP contribution in [-0.4, -0.2) is 56.8 Å². The van der Waals surface area contributed by atoms with Crippen LogP contribution in [0.15, 0.2) is 12.2 Å². The zero-order valence-electron chi connectivity index (χ0n) is 7.96. The summed E-state index contributed by atoms with van der Waals surface area (Å²) < 4.78 is 0. The molecule has 0 fully saturated rings. The molecule has 0 amide bonds. The first-order valence-corrected chi connectivity index (χ1v) is 3.87. The molecule has 0 aromatic heterocycles. The molecule has 7 heteroatoms. The summed E-state index contributed by atoms with van der Waals surface area (Å²) in [6.07, 6.45) is -1.46. The van der Waals surface area contributed by atoms with E-state index in [1.54, 1.807) is 0 Å². The minimum absolute atomic E-state index is 0.303. The minimum atomic E-state index is -1.27. The van der Waals surface area contributed by atoms with Crippen molar-refractivity contribution >= 4 is 11.9 Å². The van der Waals surface area contributed by atoms with E-state index in [0.29, 0.717) is 0 Å². The highest BCUT2D eigenvalue weighted by atomic mass is 16.4. The van der Waals surface area contributed by atoms with Crippen molar-refractivity contribution in [3.63, 3.8) is 0 Å². The quantitative estimate of drug-likeness (QED) is 0.355. The Hall–Kier alpha value is -1.44. The largest absolute Gasteiger partial charge is 0.481 e. The Morgan fingerprint density at radius 2 is 1.53 bits per heavy atom. The molecule has 0 bridgehead atoms. The van der Waals surface area contributed by atoms with E-state index in [9.17, 15) is 9.59 Å². The van der Waals surface area contributed by atoms with Gasteiger partial charge in [-0.1, -0.05) is 6.58 Å². The second-order valence-electron chi connectivity index (χ2n) is 2.50. The van der Waals surface area contributed by atoms with Crippen LogP contribution < -0.4 is 0 Å². The number of hydrogen-bond donors (Lipinski definition) is 5. The Balaban J connectivity index is 0. The van der Waals surface area contributed by atoms with Crippen LogP contribution in [0.4, 0.5) is 0 Å². The van der Waals surface area contributed by atoms with E-state index in [4.69, 9.17) is 25.5 Å². The predicted octanol–water partition coefficient (Wildman–Crippen LogP) is -1.57. The SMILES string of the molecule is C=C(CC(=O)O)C(=O)O.OCC(O)CO. The van der Waals surface area contributed by atoms with Gasteiger partial charge in [0, 0.05) is 5.57 Å². The van der Waals surface area contributed by atoms with Crippen molar-refractivity contribution in [3.8, 4) is 0 Å². The summed E-state index contributed by atoms with van der Waals surface area (Å²) in [6.45, 7) is 2.28. The molecule has 0 aromatic rings. The Labute approximate surface area is 85.9 Å². The molecule has 0 rings (SSSR count). The van der Waals surface area contributed by atoms with Crippen LogP contribution in [-0.2, 0) is 9.59 Å². The fourth-order valence-corrected chi connectivity index (χ4v) is 0.316. The van der Waals surface area contributed by atoms with Gasteiger partial charge in [0.15, 0.2) is 0 Å². The fraction of sp³-hybridized carbons (Fsp3) is 0.500. The van der Waals surface area contributed by atoms with Gasteiger partial charge in [-0.3, -0.25) is 4.79 Å². The van der Waals surface area contributed by atoms with E-state index in [0.717, 1.165) is 0 Å². The third kappa shape index (κ3) is 12.6. The summed E-state index contributed by atoms with van der Waals surface area (Å²) in [5, 5.41) is 40.1. The molecule has 0 saturated carbocycles. The second kappa shape index (κ2) is 9.13. The number of rotatable bonds is 5. The molecule has 0 heterocycles. The number of carbonyl (C=O) groups is 2. The van der Waals surface area contributed by atoms with Crippen LogP contribution in [0.1, 0.15) is 6.42 Å².